The largest absolute Gasteiger partial charge is 0.534 e. The number of hydrogen-bond acceptors (Lipinski definition) is 6. The zero-order chi connectivity index (χ0) is 22.6. The summed E-state index contributed by atoms with van der Waals surface area (Å²) in [5.74, 6) is -1.82. The highest BCUT2D eigenvalue weighted by molar-refractivity contribution is 7.88. The van der Waals surface area contributed by atoms with Crippen LogP contribution < -0.4 is 8.92 Å². The smallest absolute Gasteiger partial charge is 0.488 e. The molecule has 0 aromatic heterocycles. The average molecular weight is 454 g/mol. The second-order valence-electron chi connectivity index (χ2n) is 6.27. The maximum atomic E-state index is 12.9. The summed E-state index contributed by atoms with van der Waals surface area (Å²) >= 11 is 0. The molecule has 3 rings (SSSR count). The van der Waals surface area contributed by atoms with Gasteiger partial charge in [-0.2, -0.15) is 21.6 Å². The van der Waals surface area contributed by atoms with Crippen LogP contribution in [0.4, 0.5) is 13.2 Å². The van der Waals surface area contributed by atoms with Crippen LogP contribution in [-0.4, -0.2) is 26.5 Å². The van der Waals surface area contributed by atoms with Gasteiger partial charge < -0.3 is 13.7 Å². The number of hydrogen-bond donors (Lipinski definition) is 0. The second kappa shape index (κ2) is 8.84. The number of alkyl halides is 3. The second-order valence-corrected chi connectivity index (χ2v) is 7.81. The van der Waals surface area contributed by atoms with E-state index in [1.165, 1.54) is 19.1 Å². The van der Waals surface area contributed by atoms with Crippen molar-refractivity contribution in [3.8, 4) is 11.5 Å². The van der Waals surface area contributed by atoms with E-state index in [0.29, 0.717) is 5.39 Å². The third kappa shape index (κ3) is 4.91. The fourth-order valence-corrected chi connectivity index (χ4v) is 3.28. The molecule has 0 saturated carbocycles. The zero-order valence-electron chi connectivity index (χ0n) is 16.2. The number of benzene rings is 3. The molecule has 10 heteroatoms. The molecule has 0 amide bonds. The monoisotopic (exact) mass is 454 g/mol. The Hall–Kier alpha value is -3.27. The van der Waals surface area contributed by atoms with Crippen molar-refractivity contribution in [2.75, 3.05) is 6.61 Å². The molecule has 0 radical (unpaired) electrons. The van der Waals surface area contributed by atoms with Crippen molar-refractivity contribution in [1.29, 1.82) is 0 Å². The number of halogens is 3. The standard InChI is InChI=1S/C21H17F3O6S/c1-2-28-20(25)19-16-11-7-6-10-15(16)17(29-13-14-8-4-3-5-9-14)12-18(19)30-31(26,27)21(22,23)24/h3-12H,2,13H2,1H3. The van der Waals surface area contributed by atoms with E-state index < -0.39 is 32.9 Å². The van der Waals surface area contributed by atoms with Gasteiger partial charge in [-0.25, -0.2) is 4.79 Å². The summed E-state index contributed by atoms with van der Waals surface area (Å²) in [6.07, 6.45) is 0. The summed E-state index contributed by atoms with van der Waals surface area (Å²) < 4.78 is 77.0. The lowest BCUT2D eigenvalue weighted by molar-refractivity contribution is -0.0500. The molecule has 0 N–H and O–H groups in total. The normalized spacial score (nSPS) is 11.9. The number of carbonyl (C=O) groups is 1. The van der Waals surface area contributed by atoms with Crippen LogP contribution >= 0.6 is 0 Å². The third-order valence-corrected chi connectivity index (χ3v) is 5.14. The molecule has 31 heavy (non-hydrogen) atoms. The quantitative estimate of drug-likeness (QED) is 0.289. The van der Waals surface area contributed by atoms with Gasteiger partial charge in [-0.3, -0.25) is 0 Å². The van der Waals surface area contributed by atoms with E-state index in [-0.39, 0.29) is 24.3 Å². The van der Waals surface area contributed by atoms with Crippen molar-refractivity contribution in [3.63, 3.8) is 0 Å². The first-order chi connectivity index (χ1) is 14.6. The number of fused-ring (bicyclic) bond motifs is 1. The molecule has 164 valence electrons. The molecule has 0 unspecified atom stereocenters. The van der Waals surface area contributed by atoms with Crippen molar-refractivity contribution in [1.82, 2.24) is 0 Å². The van der Waals surface area contributed by atoms with Gasteiger partial charge in [0.1, 0.15) is 17.9 Å². The molecule has 0 aliphatic heterocycles. The van der Waals surface area contributed by atoms with Crippen molar-refractivity contribution in [3.05, 3.63) is 71.8 Å². The van der Waals surface area contributed by atoms with Gasteiger partial charge in [-0.15, -0.1) is 0 Å². The molecule has 6 nitrogen and oxygen atoms in total. The highest BCUT2D eigenvalue weighted by Crippen LogP contribution is 2.39. The van der Waals surface area contributed by atoms with Gasteiger partial charge in [0.05, 0.1) is 6.61 Å². The molecule has 3 aromatic carbocycles. The molecule has 0 spiro atoms. The lowest BCUT2D eigenvalue weighted by Crippen LogP contribution is -2.28. The molecule has 3 aromatic rings. The van der Waals surface area contributed by atoms with E-state index in [9.17, 15) is 26.4 Å². The minimum absolute atomic E-state index is 0.0416. The first kappa shape index (κ1) is 22.4. The van der Waals surface area contributed by atoms with Crippen LogP contribution in [0.25, 0.3) is 10.8 Å². The van der Waals surface area contributed by atoms with Gasteiger partial charge in [-0.1, -0.05) is 54.6 Å². The topological polar surface area (TPSA) is 78.9 Å². The Bertz CT molecular complexity index is 1190. The summed E-state index contributed by atoms with van der Waals surface area (Å²) in [5.41, 5.74) is -5.36. The molecular formula is C21H17F3O6S. The van der Waals surface area contributed by atoms with E-state index >= 15 is 0 Å². The fraction of sp³-hybridized carbons (Fsp3) is 0.190. The van der Waals surface area contributed by atoms with E-state index in [0.717, 1.165) is 11.6 Å². The van der Waals surface area contributed by atoms with Crippen LogP contribution in [0.15, 0.2) is 60.7 Å². The first-order valence-electron chi connectivity index (χ1n) is 9.04. The van der Waals surface area contributed by atoms with Gasteiger partial charge >= 0.3 is 21.6 Å². The first-order valence-corrected chi connectivity index (χ1v) is 10.4. The molecule has 0 heterocycles. The average Bonchev–Trinajstić information content (AvgIpc) is 2.71. The molecule has 0 aliphatic carbocycles. The van der Waals surface area contributed by atoms with Crippen LogP contribution in [0.3, 0.4) is 0 Å². The summed E-state index contributed by atoms with van der Waals surface area (Å²) in [7, 11) is -6.04. The van der Waals surface area contributed by atoms with Gasteiger partial charge in [0, 0.05) is 16.8 Å². The van der Waals surface area contributed by atoms with E-state index in [1.807, 2.05) is 0 Å². The molecule has 0 fully saturated rings. The van der Waals surface area contributed by atoms with Crippen LogP contribution in [0.2, 0.25) is 0 Å². The Labute approximate surface area is 176 Å². The predicted octanol–water partition coefficient (Wildman–Crippen LogP) is 4.82. The van der Waals surface area contributed by atoms with Crippen LogP contribution in [0, 0.1) is 0 Å². The van der Waals surface area contributed by atoms with E-state index in [2.05, 4.69) is 4.18 Å². The Balaban J connectivity index is 2.16. The minimum Gasteiger partial charge on any atom is -0.488 e. The minimum atomic E-state index is -6.04. The maximum absolute atomic E-state index is 12.9. The molecule has 0 bridgehead atoms. The number of ether oxygens (including phenoxy) is 2. The summed E-state index contributed by atoms with van der Waals surface area (Å²) in [6, 6.07) is 16.1. The summed E-state index contributed by atoms with van der Waals surface area (Å²) in [4.78, 5) is 12.5. The van der Waals surface area contributed by atoms with E-state index in [4.69, 9.17) is 9.47 Å². The van der Waals surface area contributed by atoms with Crippen molar-refractivity contribution < 1.29 is 40.0 Å². The number of esters is 1. The van der Waals surface area contributed by atoms with Crippen molar-refractivity contribution >= 4 is 26.9 Å². The van der Waals surface area contributed by atoms with Crippen molar-refractivity contribution in [2.24, 2.45) is 0 Å². The highest BCUT2D eigenvalue weighted by Gasteiger charge is 2.49. The fourth-order valence-electron chi connectivity index (χ4n) is 2.82. The Morgan fingerprint density at radius 1 is 0.935 bits per heavy atom. The molecule has 0 saturated heterocycles. The molecule has 0 aliphatic rings. The highest BCUT2D eigenvalue weighted by atomic mass is 32.2. The number of carbonyl (C=O) groups excluding carboxylic acids is 1. The van der Waals surface area contributed by atoms with Gasteiger partial charge in [0.2, 0.25) is 0 Å². The van der Waals surface area contributed by atoms with Gasteiger partial charge in [0.25, 0.3) is 0 Å². The van der Waals surface area contributed by atoms with Crippen LogP contribution in [0.1, 0.15) is 22.8 Å². The third-order valence-electron chi connectivity index (χ3n) is 4.17. The Morgan fingerprint density at radius 2 is 1.55 bits per heavy atom. The van der Waals surface area contributed by atoms with E-state index in [1.54, 1.807) is 42.5 Å². The van der Waals surface area contributed by atoms with Crippen molar-refractivity contribution in [2.45, 2.75) is 19.0 Å². The molecular weight excluding hydrogens is 437 g/mol. The predicted molar refractivity (Wildman–Crippen MR) is 106 cm³/mol. The van der Waals surface area contributed by atoms with Crippen LogP contribution in [-0.2, 0) is 21.5 Å². The van der Waals surface area contributed by atoms with Gasteiger partial charge in [0.15, 0.2) is 5.75 Å². The summed E-state index contributed by atoms with van der Waals surface area (Å²) in [5, 5.41) is 0.497. The lowest BCUT2D eigenvalue weighted by Gasteiger charge is -2.17. The van der Waals surface area contributed by atoms with Gasteiger partial charge in [-0.05, 0) is 12.5 Å². The Morgan fingerprint density at radius 3 is 2.16 bits per heavy atom. The van der Waals surface area contributed by atoms with Crippen LogP contribution in [0.5, 0.6) is 11.5 Å². The Kier molecular flexibility index (Phi) is 6.40. The molecule has 0 atom stereocenters. The zero-order valence-corrected chi connectivity index (χ0v) is 17.0. The summed E-state index contributed by atoms with van der Waals surface area (Å²) in [6.45, 7) is 1.48. The number of rotatable bonds is 7. The maximum Gasteiger partial charge on any atom is 0.534 e. The SMILES string of the molecule is CCOC(=O)c1c(OS(=O)(=O)C(F)(F)F)cc(OCc2ccccc2)c2ccccc12. The lowest BCUT2D eigenvalue weighted by atomic mass is 10.0.